The molecule has 0 aliphatic heterocycles. The van der Waals surface area contributed by atoms with Crippen LogP contribution in [-0.2, 0) is 12.8 Å². The molecule has 45 heavy (non-hydrogen) atoms. The van der Waals surface area contributed by atoms with Crippen LogP contribution >= 0.6 is 0 Å². The maximum atomic E-state index is 6.41. The van der Waals surface area contributed by atoms with E-state index in [2.05, 4.69) is 143 Å². The van der Waals surface area contributed by atoms with Gasteiger partial charge in [0.15, 0.2) is 0 Å². The van der Waals surface area contributed by atoms with Gasteiger partial charge in [0.25, 0.3) is 0 Å². The largest absolute Gasteiger partial charge is 0.461 e. The lowest BCUT2D eigenvalue weighted by Crippen LogP contribution is -2.04. The number of aromatic nitrogens is 2. The summed E-state index contributed by atoms with van der Waals surface area (Å²) < 4.78 is 11.3. The van der Waals surface area contributed by atoms with Crippen LogP contribution in [0.1, 0.15) is 35.5 Å². The highest BCUT2D eigenvalue weighted by atomic mass is 16.3. The molecule has 214 valence electrons. The summed E-state index contributed by atoms with van der Waals surface area (Å²) in [4.78, 5) is 0. The fraction of sp³-hybridized carbons (Fsp3) is 0.0952. The van der Waals surface area contributed by atoms with Gasteiger partial charge in [-0.1, -0.05) is 84.9 Å². The summed E-state index contributed by atoms with van der Waals surface area (Å²) in [6.07, 6.45) is 10.9. The van der Waals surface area contributed by atoms with Crippen LogP contribution in [0.2, 0.25) is 0 Å². The molecule has 3 nitrogen and oxygen atoms in total. The Kier molecular flexibility index (Phi) is 5.23. The molecule has 10 rings (SSSR count). The van der Waals surface area contributed by atoms with Crippen LogP contribution in [-0.4, -0.2) is 9.13 Å². The maximum absolute atomic E-state index is 6.41. The monoisotopic (exact) mass is 578 g/mol. The lowest BCUT2D eigenvalue weighted by molar-refractivity contribution is 0.496. The Morgan fingerprint density at radius 3 is 2.09 bits per heavy atom. The number of para-hydroxylation sites is 3. The molecule has 0 bridgehead atoms. The number of rotatable bonds is 3. The lowest BCUT2D eigenvalue weighted by atomic mass is 9.94. The highest BCUT2D eigenvalue weighted by molar-refractivity contribution is 6.13. The van der Waals surface area contributed by atoms with Crippen molar-refractivity contribution in [2.24, 2.45) is 0 Å². The van der Waals surface area contributed by atoms with Gasteiger partial charge in [0.2, 0.25) is 0 Å². The van der Waals surface area contributed by atoms with Crippen molar-refractivity contribution in [1.29, 1.82) is 0 Å². The summed E-state index contributed by atoms with van der Waals surface area (Å²) in [5.74, 6) is 2.19. The van der Waals surface area contributed by atoms with E-state index < -0.39 is 0 Å². The number of hydrogen-bond donors (Lipinski definition) is 0. The van der Waals surface area contributed by atoms with Crippen molar-refractivity contribution >= 4 is 61.5 Å². The zero-order valence-electron chi connectivity index (χ0n) is 24.8. The zero-order valence-corrected chi connectivity index (χ0v) is 24.8. The molecule has 0 N–H and O–H groups in total. The molecule has 0 radical (unpaired) electrons. The van der Waals surface area contributed by atoms with Gasteiger partial charge in [-0.05, 0) is 72.9 Å². The molecule has 2 aliphatic carbocycles. The van der Waals surface area contributed by atoms with Crippen molar-refractivity contribution in [3.05, 3.63) is 144 Å². The molecule has 3 heterocycles. The Morgan fingerprint density at radius 1 is 0.533 bits per heavy atom. The average Bonchev–Trinajstić information content (AvgIpc) is 3.75. The molecule has 0 spiro atoms. The van der Waals surface area contributed by atoms with Gasteiger partial charge >= 0.3 is 0 Å². The van der Waals surface area contributed by atoms with Crippen molar-refractivity contribution in [1.82, 2.24) is 9.13 Å². The molecule has 0 fully saturated rings. The van der Waals surface area contributed by atoms with Crippen LogP contribution in [0.5, 0.6) is 0 Å². The normalized spacial score (nSPS) is 14.4. The summed E-state index contributed by atoms with van der Waals surface area (Å²) >= 11 is 0. The molecular formula is C42H30N2O. The predicted molar refractivity (Wildman–Crippen MR) is 188 cm³/mol. The van der Waals surface area contributed by atoms with Crippen molar-refractivity contribution < 1.29 is 4.42 Å². The first kappa shape index (κ1) is 24.9. The van der Waals surface area contributed by atoms with Crippen molar-refractivity contribution in [3.63, 3.8) is 0 Å². The van der Waals surface area contributed by atoms with E-state index in [0.717, 1.165) is 37.2 Å². The Balaban J connectivity index is 1.15. The van der Waals surface area contributed by atoms with Gasteiger partial charge in [0.1, 0.15) is 11.5 Å². The van der Waals surface area contributed by atoms with Gasteiger partial charge in [0, 0.05) is 56.6 Å². The number of fused-ring (bicyclic) bond motifs is 9. The first-order valence-electron chi connectivity index (χ1n) is 16.0. The van der Waals surface area contributed by atoms with Crippen molar-refractivity contribution in [2.75, 3.05) is 0 Å². The maximum Gasteiger partial charge on any atom is 0.132 e. The molecule has 0 atom stereocenters. The van der Waals surface area contributed by atoms with Gasteiger partial charge in [-0.3, -0.25) is 0 Å². The van der Waals surface area contributed by atoms with Gasteiger partial charge in [-0.15, -0.1) is 0 Å². The average molecular weight is 579 g/mol. The fourth-order valence-corrected chi connectivity index (χ4v) is 7.84. The van der Waals surface area contributed by atoms with Crippen LogP contribution in [0.4, 0.5) is 0 Å². The fourth-order valence-electron chi connectivity index (χ4n) is 7.84. The molecule has 3 aromatic heterocycles. The van der Waals surface area contributed by atoms with E-state index >= 15 is 0 Å². The van der Waals surface area contributed by atoms with Crippen molar-refractivity contribution in [3.8, 4) is 16.8 Å². The van der Waals surface area contributed by atoms with E-state index in [1.54, 1.807) is 0 Å². The minimum absolute atomic E-state index is 0.989. The number of aryl methyl sites for hydroxylation is 1. The van der Waals surface area contributed by atoms with Crippen LogP contribution in [0.3, 0.4) is 0 Å². The summed E-state index contributed by atoms with van der Waals surface area (Å²) in [6.45, 7) is 0. The quantitative estimate of drug-likeness (QED) is 0.204. The third-order valence-corrected chi connectivity index (χ3v) is 9.89. The number of benzene rings is 5. The summed E-state index contributed by atoms with van der Waals surface area (Å²) in [5, 5.41) is 5.11. The second-order valence-electron chi connectivity index (χ2n) is 12.4. The molecule has 0 saturated heterocycles. The smallest absolute Gasteiger partial charge is 0.132 e. The Labute approximate surface area is 260 Å². The van der Waals surface area contributed by atoms with E-state index in [4.69, 9.17) is 4.42 Å². The molecule has 2 aliphatic rings. The molecule has 0 saturated carbocycles. The van der Waals surface area contributed by atoms with E-state index in [-0.39, 0.29) is 0 Å². The van der Waals surface area contributed by atoms with Gasteiger partial charge in [-0.25, -0.2) is 0 Å². The van der Waals surface area contributed by atoms with Crippen molar-refractivity contribution in [2.45, 2.75) is 25.7 Å². The Hall–Kier alpha value is -5.54. The Morgan fingerprint density at radius 2 is 1.22 bits per heavy atom. The first-order valence-corrected chi connectivity index (χ1v) is 16.0. The van der Waals surface area contributed by atoms with E-state index in [9.17, 15) is 0 Å². The zero-order chi connectivity index (χ0) is 29.5. The van der Waals surface area contributed by atoms with Crippen LogP contribution < -0.4 is 0 Å². The van der Waals surface area contributed by atoms with Crippen LogP contribution in [0, 0.1) is 0 Å². The van der Waals surface area contributed by atoms with E-state index in [1.807, 2.05) is 0 Å². The molecule has 0 amide bonds. The van der Waals surface area contributed by atoms with E-state index in [0.29, 0.717) is 0 Å². The second kappa shape index (κ2) is 9.48. The Bertz CT molecular complexity index is 2530. The van der Waals surface area contributed by atoms with E-state index in [1.165, 1.54) is 77.2 Å². The summed E-state index contributed by atoms with van der Waals surface area (Å²) in [7, 11) is 0. The summed E-state index contributed by atoms with van der Waals surface area (Å²) in [5.41, 5.74) is 12.5. The topological polar surface area (TPSA) is 23.0 Å². The van der Waals surface area contributed by atoms with Crippen LogP contribution in [0.25, 0.3) is 78.3 Å². The third kappa shape index (κ3) is 3.64. The highest BCUT2D eigenvalue weighted by Gasteiger charge is 2.25. The first-order chi connectivity index (χ1) is 22.3. The van der Waals surface area contributed by atoms with Gasteiger partial charge < -0.3 is 13.6 Å². The highest BCUT2D eigenvalue weighted by Crippen LogP contribution is 2.41. The number of hydrogen-bond acceptors (Lipinski definition) is 1. The number of furan rings is 1. The minimum Gasteiger partial charge on any atom is -0.461 e. The lowest BCUT2D eigenvalue weighted by Gasteiger charge is -2.17. The standard InChI is InChI=1S/C42H30N2O/c1-2-10-29(11-3-1)43-37-15-7-4-12-31(37)33-21-18-28(25-40(33)43)27-19-23-39-36(24-27)32-13-5-8-16-38(32)44(39)30-20-22-35-34-14-6-9-17-41(34)45-42(35)26-30/h1-8,10-16,18-19,21,23-26H,9,17,20,22H2. The van der Waals surface area contributed by atoms with Gasteiger partial charge in [-0.2, -0.15) is 0 Å². The summed E-state index contributed by atoms with van der Waals surface area (Å²) in [6, 6.07) is 42.2. The molecule has 8 aromatic rings. The number of nitrogens with zero attached hydrogens (tertiary/aromatic N) is 2. The molecule has 3 heteroatoms. The third-order valence-electron chi connectivity index (χ3n) is 9.89. The predicted octanol–water partition coefficient (Wildman–Crippen LogP) is 11.1. The second-order valence-corrected chi connectivity index (χ2v) is 12.4. The van der Waals surface area contributed by atoms with Crippen LogP contribution in [0.15, 0.2) is 126 Å². The van der Waals surface area contributed by atoms with Gasteiger partial charge in [0.05, 0.1) is 22.1 Å². The molecular weight excluding hydrogens is 548 g/mol. The number of allylic oxidation sites excluding steroid dienone is 2. The molecule has 5 aromatic carbocycles. The molecule has 0 unspecified atom stereocenters. The SMILES string of the molecule is C1=Cc2c(oc3c2CCC(n2c4ccccc4c4cc(-c5ccc6c7ccccc7n(-c7ccccc7)c6c5)ccc42)=C3)CC1. The minimum atomic E-state index is 0.989.